The Balaban J connectivity index is 2.36. The van der Waals surface area contributed by atoms with Gasteiger partial charge >= 0.3 is 0 Å². The number of nitrogens with two attached hydrogens (primary N) is 1. The minimum absolute atomic E-state index is 0.0154. The Hall–Kier alpha value is -1.16. The van der Waals surface area contributed by atoms with Crippen LogP contribution in [-0.4, -0.2) is 24.3 Å². The van der Waals surface area contributed by atoms with Crippen molar-refractivity contribution in [3.63, 3.8) is 0 Å². The zero-order chi connectivity index (χ0) is 10.6. The molecule has 4 heteroatoms. The molecule has 3 N–H and O–H groups in total. The van der Waals surface area contributed by atoms with Crippen molar-refractivity contribution < 1.29 is 9.59 Å². The number of allylic oxidation sites excluding steroid dienone is 1. The van der Waals surface area contributed by atoms with E-state index in [1.165, 1.54) is 13.0 Å². The Morgan fingerprint density at radius 3 is 3.00 bits per heavy atom. The maximum Gasteiger partial charge on any atom is 0.223 e. The number of carbonyl (C=O) groups excluding carboxylic acids is 2. The highest BCUT2D eigenvalue weighted by molar-refractivity contribution is 5.87. The van der Waals surface area contributed by atoms with Gasteiger partial charge in [-0.25, -0.2) is 0 Å². The van der Waals surface area contributed by atoms with Gasteiger partial charge in [-0.2, -0.15) is 0 Å². The summed E-state index contributed by atoms with van der Waals surface area (Å²) in [6, 6.07) is -0.201. The topological polar surface area (TPSA) is 72.2 Å². The molecule has 0 bridgehead atoms. The van der Waals surface area contributed by atoms with Crippen LogP contribution in [0.5, 0.6) is 0 Å². The molecule has 1 aliphatic rings. The van der Waals surface area contributed by atoms with E-state index in [9.17, 15) is 9.59 Å². The molecule has 78 valence electrons. The van der Waals surface area contributed by atoms with Crippen molar-refractivity contribution in [1.82, 2.24) is 5.32 Å². The Bertz CT molecular complexity index is 261. The molecule has 1 heterocycles. The first kappa shape index (κ1) is 10.9. The van der Waals surface area contributed by atoms with Crippen LogP contribution < -0.4 is 11.1 Å². The maximum atomic E-state index is 11.2. The predicted octanol–water partition coefficient (Wildman–Crippen LogP) is -0.0149. The van der Waals surface area contributed by atoms with Crippen LogP contribution in [0.4, 0.5) is 0 Å². The van der Waals surface area contributed by atoms with E-state index in [1.807, 2.05) is 0 Å². The number of amides is 1. The maximum absolute atomic E-state index is 11.2. The second kappa shape index (κ2) is 4.91. The third-order valence-electron chi connectivity index (χ3n) is 2.30. The Labute approximate surface area is 83.5 Å². The fraction of sp³-hybridized carbons (Fsp3) is 0.600. The molecule has 0 unspecified atom stereocenters. The monoisotopic (exact) mass is 196 g/mol. The summed E-state index contributed by atoms with van der Waals surface area (Å²) in [7, 11) is 0. The van der Waals surface area contributed by atoms with Crippen molar-refractivity contribution in [2.24, 2.45) is 11.7 Å². The highest BCUT2D eigenvalue weighted by Gasteiger charge is 2.24. The minimum Gasteiger partial charge on any atom is -0.356 e. The lowest BCUT2D eigenvalue weighted by Gasteiger charge is -2.10. The van der Waals surface area contributed by atoms with Crippen LogP contribution in [0.1, 0.15) is 19.8 Å². The molecule has 2 atom stereocenters. The van der Waals surface area contributed by atoms with Crippen molar-refractivity contribution in [3.8, 4) is 0 Å². The minimum atomic E-state index is -0.201. The first-order valence-electron chi connectivity index (χ1n) is 4.81. The Morgan fingerprint density at radius 2 is 2.50 bits per heavy atom. The number of hydrogen-bond acceptors (Lipinski definition) is 3. The molecular weight excluding hydrogens is 180 g/mol. The molecule has 14 heavy (non-hydrogen) atoms. The molecule has 0 saturated carbocycles. The largest absolute Gasteiger partial charge is 0.356 e. The van der Waals surface area contributed by atoms with E-state index in [2.05, 4.69) is 5.32 Å². The number of nitrogens with one attached hydrogen (secondary N) is 1. The van der Waals surface area contributed by atoms with Gasteiger partial charge in [-0.05, 0) is 25.8 Å². The van der Waals surface area contributed by atoms with Gasteiger partial charge in [-0.15, -0.1) is 0 Å². The van der Waals surface area contributed by atoms with Gasteiger partial charge in [0.2, 0.25) is 5.91 Å². The van der Waals surface area contributed by atoms with Gasteiger partial charge in [0.15, 0.2) is 5.78 Å². The molecule has 1 amide bonds. The average Bonchev–Trinajstić information content (AvgIpc) is 2.49. The van der Waals surface area contributed by atoms with Gasteiger partial charge in [0, 0.05) is 18.5 Å². The fourth-order valence-corrected chi connectivity index (χ4v) is 1.54. The van der Waals surface area contributed by atoms with Crippen LogP contribution >= 0.6 is 0 Å². The van der Waals surface area contributed by atoms with Gasteiger partial charge < -0.3 is 11.1 Å². The third-order valence-corrected chi connectivity index (χ3v) is 2.30. The Morgan fingerprint density at radius 1 is 1.79 bits per heavy atom. The smallest absolute Gasteiger partial charge is 0.223 e. The van der Waals surface area contributed by atoms with Gasteiger partial charge in [-0.1, -0.05) is 6.08 Å². The van der Waals surface area contributed by atoms with Crippen molar-refractivity contribution in [3.05, 3.63) is 12.2 Å². The van der Waals surface area contributed by atoms with Crippen LogP contribution in [0, 0.1) is 5.92 Å². The van der Waals surface area contributed by atoms with Crippen molar-refractivity contribution in [2.45, 2.75) is 25.8 Å². The summed E-state index contributed by atoms with van der Waals surface area (Å²) in [5.74, 6) is 0.0783. The van der Waals surface area contributed by atoms with E-state index in [0.717, 1.165) is 13.0 Å². The number of ketones is 1. The van der Waals surface area contributed by atoms with Crippen molar-refractivity contribution in [2.75, 3.05) is 6.54 Å². The first-order valence-corrected chi connectivity index (χ1v) is 4.81. The zero-order valence-electron chi connectivity index (χ0n) is 8.32. The van der Waals surface area contributed by atoms with Crippen molar-refractivity contribution >= 4 is 11.7 Å². The molecule has 1 fully saturated rings. The number of carbonyl (C=O) groups is 2. The van der Waals surface area contributed by atoms with Gasteiger partial charge in [0.25, 0.3) is 0 Å². The standard InChI is InChI=1S/C10H16N2O2/c1-7(13)2-3-9(11)6-8-4-5-12-10(8)14/h2-3,8-9H,4-6,11H2,1H3,(H,12,14)/b3-2+/t8-,9+/m0/s1. The Kier molecular flexibility index (Phi) is 3.83. The molecule has 4 nitrogen and oxygen atoms in total. The molecule has 1 aliphatic heterocycles. The van der Waals surface area contributed by atoms with Crippen LogP contribution in [-0.2, 0) is 9.59 Å². The van der Waals surface area contributed by atoms with Crippen LogP contribution in [0.3, 0.4) is 0 Å². The summed E-state index contributed by atoms with van der Waals surface area (Å²) in [6.45, 7) is 2.22. The van der Waals surface area contributed by atoms with Gasteiger partial charge in [0.1, 0.15) is 0 Å². The average molecular weight is 196 g/mol. The summed E-state index contributed by atoms with van der Waals surface area (Å²) in [5, 5.41) is 2.75. The molecule has 1 saturated heterocycles. The quantitative estimate of drug-likeness (QED) is 0.621. The van der Waals surface area contributed by atoms with E-state index in [1.54, 1.807) is 6.08 Å². The molecular formula is C10H16N2O2. The second-order valence-corrected chi connectivity index (χ2v) is 3.65. The molecule has 0 aromatic carbocycles. The summed E-state index contributed by atoms with van der Waals surface area (Å²) >= 11 is 0. The lowest BCUT2D eigenvalue weighted by atomic mass is 9.98. The first-order chi connectivity index (χ1) is 6.59. The van der Waals surface area contributed by atoms with Crippen molar-refractivity contribution in [1.29, 1.82) is 0 Å². The van der Waals surface area contributed by atoms with E-state index >= 15 is 0 Å². The highest BCUT2D eigenvalue weighted by Crippen LogP contribution is 2.15. The molecule has 0 radical (unpaired) electrons. The number of rotatable bonds is 4. The molecule has 0 aliphatic carbocycles. The predicted molar refractivity (Wildman–Crippen MR) is 53.5 cm³/mol. The molecule has 0 aromatic heterocycles. The van der Waals surface area contributed by atoms with E-state index in [0.29, 0.717) is 6.42 Å². The lowest BCUT2D eigenvalue weighted by molar-refractivity contribution is -0.122. The van der Waals surface area contributed by atoms with E-state index in [4.69, 9.17) is 5.73 Å². The second-order valence-electron chi connectivity index (χ2n) is 3.65. The zero-order valence-corrected chi connectivity index (χ0v) is 8.32. The lowest BCUT2D eigenvalue weighted by Crippen LogP contribution is -2.26. The van der Waals surface area contributed by atoms with Gasteiger partial charge in [-0.3, -0.25) is 9.59 Å². The molecule has 0 aromatic rings. The summed E-state index contributed by atoms with van der Waals surface area (Å²) in [6.07, 6.45) is 4.58. The van der Waals surface area contributed by atoms with Gasteiger partial charge in [0.05, 0.1) is 0 Å². The van der Waals surface area contributed by atoms with E-state index < -0.39 is 0 Å². The summed E-state index contributed by atoms with van der Waals surface area (Å²) in [4.78, 5) is 21.8. The normalized spacial score (nSPS) is 23.9. The number of hydrogen-bond donors (Lipinski definition) is 2. The molecule has 1 rings (SSSR count). The highest BCUT2D eigenvalue weighted by atomic mass is 16.2. The van der Waals surface area contributed by atoms with E-state index in [-0.39, 0.29) is 23.7 Å². The van der Waals surface area contributed by atoms with Crippen LogP contribution in [0.2, 0.25) is 0 Å². The third kappa shape index (κ3) is 3.30. The van der Waals surface area contributed by atoms with Crippen LogP contribution in [0.15, 0.2) is 12.2 Å². The summed E-state index contributed by atoms with van der Waals surface area (Å²) < 4.78 is 0. The molecule has 0 spiro atoms. The van der Waals surface area contributed by atoms with Crippen LogP contribution in [0.25, 0.3) is 0 Å². The SMILES string of the molecule is CC(=O)/C=C/[C@@H](N)C[C@@H]1CCNC1=O. The fourth-order valence-electron chi connectivity index (χ4n) is 1.54. The summed E-state index contributed by atoms with van der Waals surface area (Å²) in [5.41, 5.74) is 5.74.